The zero-order valence-electron chi connectivity index (χ0n) is 13.7. The molecule has 1 aromatic carbocycles. The van der Waals surface area contributed by atoms with Gasteiger partial charge in [-0.25, -0.2) is 9.18 Å². The van der Waals surface area contributed by atoms with Crippen LogP contribution in [0.2, 0.25) is 0 Å². The van der Waals surface area contributed by atoms with E-state index in [0.29, 0.717) is 17.5 Å². The first-order valence-electron chi connectivity index (χ1n) is 8.35. The third kappa shape index (κ3) is 3.02. The summed E-state index contributed by atoms with van der Waals surface area (Å²) in [7, 11) is 1.46. The number of rotatable bonds is 4. The number of carboxylic acids is 1. The molecule has 0 spiro atoms. The lowest BCUT2D eigenvalue weighted by atomic mass is 9.84. The lowest BCUT2D eigenvalue weighted by molar-refractivity contribution is -0.141. The van der Waals surface area contributed by atoms with Gasteiger partial charge in [0.2, 0.25) is 0 Å². The number of hydrogen-bond donors (Lipinski definition) is 1. The Labute approximate surface area is 140 Å². The minimum atomic E-state index is -0.961. The molecule has 3 rings (SSSR count). The van der Waals surface area contributed by atoms with E-state index in [1.165, 1.54) is 30.2 Å². The minimum Gasteiger partial charge on any atom is -0.480 e. The van der Waals surface area contributed by atoms with Gasteiger partial charge in [-0.15, -0.1) is 0 Å². The minimum absolute atomic E-state index is 0.0247. The van der Waals surface area contributed by atoms with Crippen LogP contribution in [0.3, 0.4) is 0 Å². The summed E-state index contributed by atoms with van der Waals surface area (Å²) in [5, 5.41) is 9.54. The van der Waals surface area contributed by atoms with E-state index in [4.69, 9.17) is 4.74 Å². The number of hydrogen-bond acceptors (Lipinski definition) is 3. The Morgan fingerprint density at radius 1 is 1.33 bits per heavy atom. The van der Waals surface area contributed by atoms with Crippen molar-refractivity contribution in [3.8, 4) is 0 Å². The molecule has 3 atom stereocenters. The van der Waals surface area contributed by atoms with Gasteiger partial charge in [-0.3, -0.25) is 4.79 Å². The molecule has 130 valence electrons. The van der Waals surface area contributed by atoms with Crippen LogP contribution in [-0.2, 0) is 16.1 Å². The van der Waals surface area contributed by atoms with Crippen LogP contribution < -0.4 is 0 Å². The number of halogens is 1. The number of carbonyl (C=O) groups is 2. The molecular formula is C18H22FNO4. The van der Waals surface area contributed by atoms with E-state index in [1.807, 2.05) is 0 Å². The molecule has 2 fully saturated rings. The maximum Gasteiger partial charge on any atom is 0.326 e. The highest BCUT2D eigenvalue weighted by molar-refractivity contribution is 5.97. The van der Waals surface area contributed by atoms with Crippen molar-refractivity contribution < 1.29 is 23.8 Å². The molecule has 0 unspecified atom stereocenters. The van der Waals surface area contributed by atoms with Crippen LogP contribution in [0.5, 0.6) is 0 Å². The lowest BCUT2D eigenvalue weighted by Gasteiger charge is -2.33. The predicted molar refractivity (Wildman–Crippen MR) is 85.1 cm³/mol. The molecule has 5 nitrogen and oxygen atoms in total. The Hall–Kier alpha value is -1.95. The largest absolute Gasteiger partial charge is 0.480 e. The molecule has 6 heteroatoms. The van der Waals surface area contributed by atoms with E-state index in [1.54, 1.807) is 0 Å². The second-order valence-electron chi connectivity index (χ2n) is 6.65. The smallest absolute Gasteiger partial charge is 0.326 e. The Bertz CT molecular complexity index is 648. The first-order valence-corrected chi connectivity index (χ1v) is 8.35. The van der Waals surface area contributed by atoms with Crippen LogP contribution in [0.25, 0.3) is 0 Å². The van der Waals surface area contributed by atoms with Gasteiger partial charge in [0.25, 0.3) is 5.91 Å². The highest BCUT2D eigenvalue weighted by atomic mass is 19.1. The first kappa shape index (κ1) is 16.9. The number of benzene rings is 1. The predicted octanol–water partition coefficient (Wildman–Crippen LogP) is 2.83. The molecule has 1 aliphatic heterocycles. The van der Waals surface area contributed by atoms with Gasteiger partial charge in [0, 0.05) is 24.3 Å². The number of aliphatic carboxylic acids is 1. The van der Waals surface area contributed by atoms with Crippen molar-refractivity contribution in [2.75, 3.05) is 7.11 Å². The molecule has 1 saturated heterocycles. The third-order valence-corrected chi connectivity index (χ3v) is 5.20. The van der Waals surface area contributed by atoms with Crippen LogP contribution in [0, 0.1) is 11.7 Å². The quantitative estimate of drug-likeness (QED) is 0.919. The average molecular weight is 335 g/mol. The van der Waals surface area contributed by atoms with Crippen molar-refractivity contribution >= 4 is 11.9 Å². The number of carbonyl (C=O) groups excluding carboxylic acids is 1. The summed E-state index contributed by atoms with van der Waals surface area (Å²) in [6.07, 6.45) is 4.42. The van der Waals surface area contributed by atoms with Gasteiger partial charge >= 0.3 is 5.97 Å². The van der Waals surface area contributed by atoms with Crippen molar-refractivity contribution in [2.24, 2.45) is 5.92 Å². The summed E-state index contributed by atoms with van der Waals surface area (Å²) < 4.78 is 18.7. The standard InChI is InChI=1S/C18H22FNO4/c1-24-10-13-8-12(6-7-14(13)19)17(21)20-15-5-3-2-4-11(15)9-16(20)18(22)23/h6-8,11,15-16H,2-5,9-10H2,1H3,(H,22,23)/t11-,15-,16-/m0/s1. The van der Waals surface area contributed by atoms with E-state index in [2.05, 4.69) is 0 Å². The fourth-order valence-electron chi connectivity index (χ4n) is 4.10. The Morgan fingerprint density at radius 3 is 2.79 bits per heavy atom. The summed E-state index contributed by atoms with van der Waals surface area (Å²) >= 11 is 0. The summed E-state index contributed by atoms with van der Waals surface area (Å²) in [5.41, 5.74) is 0.621. The van der Waals surface area contributed by atoms with Crippen LogP contribution in [0.4, 0.5) is 4.39 Å². The Balaban J connectivity index is 1.91. The molecule has 1 aliphatic carbocycles. The van der Waals surface area contributed by atoms with Gasteiger partial charge in [0.15, 0.2) is 0 Å². The van der Waals surface area contributed by atoms with Gasteiger partial charge in [-0.05, 0) is 43.4 Å². The topological polar surface area (TPSA) is 66.8 Å². The van der Waals surface area contributed by atoms with Crippen LogP contribution in [-0.4, -0.2) is 41.1 Å². The fourth-order valence-corrected chi connectivity index (χ4v) is 4.10. The SMILES string of the molecule is COCc1cc(C(=O)N2[C@H](C(=O)O)C[C@@H]3CCCC[C@@H]32)ccc1F. The molecule has 1 heterocycles. The lowest BCUT2D eigenvalue weighted by Crippen LogP contribution is -2.46. The van der Waals surface area contributed by atoms with Gasteiger partial charge in [-0.1, -0.05) is 12.8 Å². The Morgan fingerprint density at radius 2 is 2.08 bits per heavy atom. The van der Waals surface area contributed by atoms with Crippen LogP contribution in [0.15, 0.2) is 18.2 Å². The number of carboxylic acid groups (broad SMARTS) is 1. The number of fused-ring (bicyclic) bond motifs is 1. The molecule has 2 aliphatic rings. The van der Waals surface area contributed by atoms with E-state index < -0.39 is 17.8 Å². The molecule has 1 amide bonds. The number of methoxy groups -OCH3 is 1. The van der Waals surface area contributed by atoms with Crippen molar-refractivity contribution in [2.45, 2.75) is 50.8 Å². The second kappa shape index (κ2) is 6.89. The van der Waals surface area contributed by atoms with E-state index in [9.17, 15) is 19.1 Å². The van der Waals surface area contributed by atoms with Crippen molar-refractivity contribution in [3.05, 3.63) is 35.1 Å². The molecule has 24 heavy (non-hydrogen) atoms. The maximum absolute atomic E-state index is 13.8. The second-order valence-corrected chi connectivity index (χ2v) is 6.65. The normalized spacial score (nSPS) is 26.2. The third-order valence-electron chi connectivity index (χ3n) is 5.20. The van der Waals surface area contributed by atoms with Crippen LogP contribution in [0.1, 0.15) is 48.0 Å². The number of ether oxygens (including phenoxy) is 1. The molecule has 0 radical (unpaired) electrons. The average Bonchev–Trinajstić information content (AvgIpc) is 2.96. The van der Waals surface area contributed by atoms with Crippen molar-refractivity contribution in [1.29, 1.82) is 0 Å². The molecule has 1 aromatic rings. The van der Waals surface area contributed by atoms with Crippen molar-refractivity contribution in [3.63, 3.8) is 0 Å². The van der Waals surface area contributed by atoms with Gasteiger partial charge in [-0.2, -0.15) is 0 Å². The fraction of sp³-hybridized carbons (Fsp3) is 0.556. The summed E-state index contributed by atoms with van der Waals surface area (Å²) in [6, 6.07) is 3.32. The van der Waals surface area contributed by atoms with Gasteiger partial charge < -0.3 is 14.7 Å². The molecule has 0 aromatic heterocycles. The van der Waals surface area contributed by atoms with Crippen LogP contribution >= 0.6 is 0 Å². The first-order chi connectivity index (χ1) is 11.5. The zero-order chi connectivity index (χ0) is 17.3. The zero-order valence-corrected chi connectivity index (χ0v) is 13.7. The maximum atomic E-state index is 13.8. The summed E-state index contributed by atoms with van der Waals surface area (Å²) in [6.45, 7) is 0.0708. The van der Waals surface area contributed by atoms with E-state index in [-0.39, 0.29) is 24.5 Å². The van der Waals surface area contributed by atoms with E-state index in [0.717, 1.165) is 25.7 Å². The monoisotopic (exact) mass is 335 g/mol. The Kier molecular flexibility index (Phi) is 4.85. The highest BCUT2D eigenvalue weighted by Crippen LogP contribution is 2.40. The molecule has 1 saturated carbocycles. The highest BCUT2D eigenvalue weighted by Gasteiger charge is 2.47. The molecular weight excluding hydrogens is 313 g/mol. The van der Waals surface area contributed by atoms with E-state index >= 15 is 0 Å². The molecule has 0 bridgehead atoms. The molecule has 1 N–H and O–H groups in total. The van der Waals surface area contributed by atoms with Gasteiger partial charge in [0.05, 0.1) is 6.61 Å². The van der Waals surface area contributed by atoms with Gasteiger partial charge in [0.1, 0.15) is 11.9 Å². The number of likely N-dealkylation sites (tertiary alicyclic amines) is 1. The summed E-state index contributed by atoms with van der Waals surface area (Å²) in [4.78, 5) is 26.1. The number of amides is 1. The van der Waals surface area contributed by atoms with Crippen molar-refractivity contribution in [1.82, 2.24) is 4.90 Å². The summed E-state index contributed by atoms with van der Waals surface area (Å²) in [5.74, 6) is -1.46. The number of nitrogens with zero attached hydrogens (tertiary/aromatic N) is 1.